The van der Waals surface area contributed by atoms with Gasteiger partial charge in [-0.15, -0.1) is 0 Å². The van der Waals surface area contributed by atoms with Crippen LogP contribution in [0.4, 0.5) is 5.82 Å². The quantitative estimate of drug-likeness (QED) is 0.734. The third kappa shape index (κ3) is 2.73. The van der Waals surface area contributed by atoms with E-state index < -0.39 is 0 Å². The van der Waals surface area contributed by atoms with Gasteiger partial charge in [-0.25, -0.2) is 9.97 Å². The molecule has 0 aliphatic rings. The van der Waals surface area contributed by atoms with Crippen molar-refractivity contribution in [1.29, 1.82) is 5.26 Å². The first-order valence-electron chi connectivity index (χ1n) is 6.37. The van der Waals surface area contributed by atoms with Crippen molar-refractivity contribution in [3.05, 3.63) is 58.6 Å². The van der Waals surface area contributed by atoms with Crippen molar-refractivity contribution in [2.45, 2.75) is 6.54 Å². The van der Waals surface area contributed by atoms with Crippen LogP contribution in [0.3, 0.4) is 0 Å². The van der Waals surface area contributed by atoms with E-state index in [4.69, 9.17) is 5.26 Å². The Bertz CT molecular complexity index is 833. The molecule has 2 aromatic heterocycles. The second kappa shape index (κ2) is 5.54. The van der Waals surface area contributed by atoms with Crippen molar-refractivity contribution in [3.8, 4) is 6.07 Å². The van der Waals surface area contributed by atoms with E-state index in [0.29, 0.717) is 12.1 Å². The molecular weight excluding hydrogens is 330 g/mol. The van der Waals surface area contributed by atoms with Gasteiger partial charge in [0.05, 0.1) is 11.6 Å². The van der Waals surface area contributed by atoms with Crippen LogP contribution < -0.4 is 4.90 Å². The monoisotopic (exact) mass is 341 g/mol. The number of halogens is 1. The summed E-state index contributed by atoms with van der Waals surface area (Å²) in [4.78, 5) is 10.9. The molecule has 21 heavy (non-hydrogen) atoms. The number of imidazole rings is 1. The van der Waals surface area contributed by atoms with Crippen LogP contribution in [0.2, 0.25) is 0 Å². The lowest BCUT2D eigenvalue weighted by Crippen LogP contribution is -2.19. The van der Waals surface area contributed by atoms with Crippen molar-refractivity contribution in [3.63, 3.8) is 0 Å². The highest BCUT2D eigenvalue weighted by Crippen LogP contribution is 2.21. The minimum atomic E-state index is 0.654. The maximum Gasteiger partial charge on any atom is 0.180 e. The zero-order chi connectivity index (χ0) is 14.8. The fourth-order valence-corrected chi connectivity index (χ4v) is 2.62. The molecule has 104 valence electrons. The third-order valence-electron chi connectivity index (χ3n) is 3.16. The van der Waals surface area contributed by atoms with Crippen LogP contribution >= 0.6 is 15.9 Å². The smallest absolute Gasteiger partial charge is 0.180 e. The van der Waals surface area contributed by atoms with Gasteiger partial charge in [0.1, 0.15) is 4.60 Å². The fourth-order valence-electron chi connectivity index (χ4n) is 2.23. The number of hydrogen-bond acceptors (Lipinski definition) is 4. The Morgan fingerprint density at radius 1 is 1.43 bits per heavy atom. The molecule has 0 radical (unpaired) electrons. The molecule has 3 rings (SSSR count). The standard InChI is InChI=1S/C15H12BrN5/c1-20(9-12-4-2-3-11(7-12)8-17)15-14-18-5-6-21(14)10-13(16)19-15/h2-7,10H,9H2,1H3. The molecule has 0 amide bonds. The summed E-state index contributed by atoms with van der Waals surface area (Å²) in [5.41, 5.74) is 2.52. The number of rotatable bonds is 3. The predicted octanol–water partition coefficient (Wildman–Crippen LogP) is 3.00. The van der Waals surface area contributed by atoms with Crippen molar-refractivity contribution in [1.82, 2.24) is 14.4 Å². The molecule has 0 spiro atoms. The summed E-state index contributed by atoms with van der Waals surface area (Å²) in [7, 11) is 1.96. The maximum absolute atomic E-state index is 8.97. The van der Waals surface area contributed by atoms with Crippen LogP contribution in [-0.4, -0.2) is 21.4 Å². The van der Waals surface area contributed by atoms with E-state index in [1.54, 1.807) is 12.3 Å². The maximum atomic E-state index is 8.97. The van der Waals surface area contributed by atoms with E-state index in [0.717, 1.165) is 21.6 Å². The Hall–Kier alpha value is -2.39. The number of anilines is 1. The van der Waals surface area contributed by atoms with E-state index in [-0.39, 0.29) is 0 Å². The van der Waals surface area contributed by atoms with Gasteiger partial charge in [-0.2, -0.15) is 5.26 Å². The van der Waals surface area contributed by atoms with E-state index in [9.17, 15) is 0 Å². The summed E-state index contributed by atoms with van der Waals surface area (Å²) in [5.74, 6) is 0.789. The van der Waals surface area contributed by atoms with Gasteiger partial charge in [-0.1, -0.05) is 12.1 Å². The third-order valence-corrected chi connectivity index (χ3v) is 3.55. The molecule has 0 bridgehead atoms. The molecule has 6 heteroatoms. The molecule has 0 aliphatic carbocycles. The zero-order valence-corrected chi connectivity index (χ0v) is 12.9. The van der Waals surface area contributed by atoms with E-state index >= 15 is 0 Å². The number of fused-ring (bicyclic) bond motifs is 1. The summed E-state index contributed by atoms with van der Waals surface area (Å²) >= 11 is 3.42. The van der Waals surface area contributed by atoms with Crippen LogP contribution in [-0.2, 0) is 6.54 Å². The van der Waals surface area contributed by atoms with E-state index in [1.165, 1.54) is 0 Å². The zero-order valence-electron chi connectivity index (χ0n) is 11.4. The number of nitriles is 1. The molecule has 0 saturated carbocycles. The van der Waals surface area contributed by atoms with Gasteiger partial charge < -0.3 is 9.30 Å². The lowest BCUT2D eigenvalue weighted by atomic mass is 10.1. The van der Waals surface area contributed by atoms with Gasteiger partial charge in [0, 0.05) is 32.2 Å². The molecule has 3 aromatic rings. The van der Waals surface area contributed by atoms with Gasteiger partial charge in [-0.3, -0.25) is 0 Å². The molecule has 5 nitrogen and oxygen atoms in total. The first-order valence-corrected chi connectivity index (χ1v) is 7.16. The summed E-state index contributed by atoms with van der Waals surface area (Å²) < 4.78 is 2.68. The minimum absolute atomic E-state index is 0.654. The van der Waals surface area contributed by atoms with Crippen molar-refractivity contribution < 1.29 is 0 Å². The number of nitrogens with zero attached hydrogens (tertiary/aromatic N) is 5. The highest BCUT2D eigenvalue weighted by atomic mass is 79.9. The van der Waals surface area contributed by atoms with Crippen LogP contribution in [0.25, 0.3) is 5.65 Å². The fraction of sp³-hybridized carbons (Fsp3) is 0.133. The minimum Gasteiger partial charge on any atom is -0.352 e. The molecule has 0 N–H and O–H groups in total. The molecule has 0 aliphatic heterocycles. The summed E-state index contributed by atoms with van der Waals surface area (Å²) in [6.07, 6.45) is 5.50. The topological polar surface area (TPSA) is 57.2 Å². The molecular formula is C15H12BrN5. The number of hydrogen-bond donors (Lipinski definition) is 0. The summed E-state index contributed by atoms with van der Waals surface area (Å²) in [6, 6.07) is 9.73. The Kier molecular flexibility index (Phi) is 3.59. The highest BCUT2D eigenvalue weighted by molar-refractivity contribution is 9.10. The Balaban J connectivity index is 1.95. The first-order chi connectivity index (χ1) is 10.2. The van der Waals surface area contributed by atoms with Crippen LogP contribution in [0, 0.1) is 11.3 Å². The van der Waals surface area contributed by atoms with Crippen LogP contribution in [0.5, 0.6) is 0 Å². The molecule has 1 aromatic carbocycles. The van der Waals surface area contributed by atoms with Gasteiger partial charge in [0.15, 0.2) is 11.5 Å². The van der Waals surface area contributed by atoms with Crippen molar-refractivity contribution in [2.24, 2.45) is 0 Å². The largest absolute Gasteiger partial charge is 0.352 e. The average Bonchev–Trinajstić information content (AvgIpc) is 2.94. The average molecular weight is 342 g/mol. The second-order valence-electron chi connectivity index (χ2n) is 4.71. The number of aromatic nitrogens is 3. The normalized spacial score (nSPS) is 10.5. The van der Waals surface area contributed by atoms with Gasteiger partial charge >= 0.3 is 0 Å². The van der Waals surface area contributed by atoms with Crippen LogP contribution in [0.1, 0.15) is 11.1 Å². The highest BCUT2D eigenvalue weighted by Gasteiger charge is 2.11. The molecule has 2 heterocycles. The van der Waals surface area contributed by atoms with Gasteiger partial charge in [-0.05, 0) is 33.6 Å². The van der Waals surface area contributed by atoms with Crippen molar-refractivity contribution in [2.75, 3.05) is 11.9 Å². The van der Waals surface area contributed by atoms with Crippen LogP contribution in [0.15, 0.2) is 47.5 Å². The predicted molar refractivity (Wildman–Crippen MR) is 84.0 cm³/mol. The lowest BCUT2D eigenvalue weighted by molar-refractivity contribution is 0.887. The molecule has 0 atom stereocenters. The van der Waals surface area contributed by atoms with Gasteiger partial charge in [0.2, 0.25) is 0 Å². The lowest BCUT2D eigenvalue weighted by Gasteiger charge is -2.19. The van der Waals surface area contributed by atoms with Crippen molar-refractivity contribution >= 4 is 27.4 Å². The first kappa shape index (κ1) is 13.6. The Morgan fingerprint density at radius 3 is 3.10 bits per heavy atom. The second-order valence-corrected chi connectivity index (χ2v) is 5.53. The Labute approximate surface area is 130 Å². The molecule has 0 fully saturated rings. The Morgan fingerprint density at radius 2 is 2.29 bits per heavy atom. The molecule has 0 saturated heterocycles. The van der Waals surface area contributed by atoms with Gasteiger partial charge in [0.25, 0.3) is 0 Å². The summed E-state index contributed by atoms with van der Waals surface area (Å²) in [6.45, 7) is 0.654. The number of benzene rings is 1. The van der Waals surface area contributed by atoms with E-state index in [1.807, 2.05) is 46.9 Å². The SMILES string of the molecule is CN(Cc1cccc(C#N)c1)c1nc(Br)cn2ccnc12. The summed E-state index contributed by atoms with van der Waals surface area (Å²) in [5, 5.41) is 8.97. The van der Waals surface area contributed by atoms with E-state index in [2.05, 4.69) is 32.0 Å². The molecule has 0 unspecified atom stereocenters.